The third kappa shape index (κ3) is 8.81. The number of ether oxygens (including phenoxy) is 1. The van der Waals surface area contributed by atoms with Gasteiger partial charge in [-0.05, 0) is 82.0 Å². The van der Waals surface area contributed by atoms with Crippen LogP contribution in [0.3, 0.4) is 0 Å². The summed E-state index contributed by atoms with van der Waals surface area (Å²) in [7, 11) is -1.52. The van der Waals surface area contributed by atoms with E-state index in [2.05, 4.69) is 46.3 Å². The number of piperazine rings is 2. The highest BCUT2D eigenvalue weighted by Gasteiger charge is 2.39. The normalized spacial score (nSPS) is 18.9. The maximum Gasteiger partial charge on any atom is 0.488 e. The molecule has 1 unspecified atom stereocenters. The van der Waals surface area contributed by atoms with Gasteiger partial charge in [-0.2, -0.15) is 0 Å². The van der Waals surface area contributed by atoms with Crippen LogP contribution in [0.25, 0.3) is 11.1 Å². The smallest absolute Gasteiger partial charge is 0.488 e. The fourth-order valence-electron chi connectivity index (χ4n) is 8.79. The predicted octanol–water partition coefficient (Wildman–Crippen LogP) is 3.44. The highest BCUT2D eigenvalue weighted by Crippen LogP contribution is 2.35. The summed E-state index contributed by atoms with van der Waals surface area (Å²) in [5, 5.41) is 21.7. The van der Waals surface area contributed by atoms with E-state index in [4.69, 9.17) is 4.74 Å². The highest BCUT2D eigenvalue weighted by atomic mass is 16.5. The lowest BCUT2D eigenvalue weighted by Crippen LogP contribution is -2.57. The standard InChI is InChI=1S/C46H51BN6O7/c1-2-39(32-6-4-3-5-7-32)43(33-8-12-36(13-9-33)47(58)59)34-10-15-38(16-11-34)60-29-28-49-20-22-51(23-21-49)46(57)52-26-24-50(25-27-52)37-14-17-40-35(30-37)31-53(45(40)56)41-18-19-42(54)48-44(41)55/h3-17,30,41,58-59H,2,18-29,31H2,1H3,(H,48,54,55)/b43-39+. The Bertz CT molecular complexity index is 2240. The quantitative estimate of drug-likeness (QED) is 0.118. The number of urea groups is 1. The molecule has 4 aliphatic rings. The van der Waals surface area contributed by atoms with Crippen molar-refractivity contribution in [2.24, 2.45) is 0 Å². The molecule has 14 heteroatoms. The summed E-state index contributed by atoms with van der Waals surface area (Å²) in [5.41, 5.74) is 8.36. The van der Waals surface area contributed by atoms with Crippen molar-refractivity contribution >= 4 is 53.2 Å². The summed E-state index contributed by atoms with van der Waals surface area (Å²) in [4.78, 5) is 60.8. The summed E-state index contributed by atoms with van der Waals surface area (Å²) in [6.07, 6.45) is 1.37. The van der Waals surface area contributed by atoms with Gasteiger partial charge in [0.05, 0.1) is 0 Å². The van der Waals surface area contributed by atoms with Crippen LogP contribution in [0.1, 0.15) is 58.8 Å². The average Bonchev–Trinajstić information content (AvgIpc) is 3.60. The number of anilines is 1. The molecule has 0 spiro atoms. The van der Waals surface area contributed by atoms with Crippen LogP contribution in [0.15, 0.2) is 97.1 Å². The number of amides is 5. The number of nitrogens with zero attached hydrogens (tertiary/aromatic N) is 5. The Hall–Kier alpha value is -5.96. The fourth-order valence-corrected chi connectivity index (χ4v) is 8.79. The van der Waals surface area contributed by atoms with E-state index in [9.17, 15) is 29.2 Å². The lowest BCUT2D eigenvalue weighted by Gasteiger charge is -2.41. The Morgan fingerprint density at radius 2 is 1.43 bits per heavy atom. The van der Waals surface area contributed by atoms with Crippen LogP contribution in [-0.4, -0.2) is 132 Å². The zero-order chi connectivity index (χ0) is 41.8. The molecule has 4 aliphatic heterocycles. The maximum absolute atomic E-state index is 13.5. The highest BCUT2D eigenvalue weighted by molar-refractivity contribution is 6.58. The largest absolute Gasteiger partial charge is 0.492 e. The second kappa shape index (κ2) is 18.1. The summed E-state index contributed by atoms with van der Waals surface area (Å²) >= 11 is 0. The second-order valence-corrected chi connectivity index (χ2v) is 15.8. The molecular formula is C46H51BN6O7. The molecule has 4 aromatic carbocycles. The Kier molecular flexibility index (Phi) is 12.3. The molecule has 0 aromatic heterocycles. The monoisotopic (exact) mass is 810 g/mol. The molecule has 0 saturated carbocycles. The molecule has 13 nitrogen and oxygen atoms in total. The van der Waals surface area contributed by atoms with Crippen molar-refractivity contribution in [2.45, 2.75) is 38.8 Å². The van der Waals surface area contributed by atoms with E-state index in [0.29, 0.717) is 69.9 Å². The van der Waals surface area contributed by atoms with Crippen LogP contribution in [-0.2, 0) is 16.1 Å². The van der Waals surface area contributed by atoms with Crippen molar-refractivity contribution in [2.75, 3.05) is 70.4 Å². The van der Waals surface area contributed by atoms with Gasteiger partial charge in [-0.25, -0.2) is 4.79 Å². The number of imide groups is 1. The number of piperidine rings is 1. The van der Waals surface area contributed by atoms with Crippen molar-refractivity contribution in [3.63, 3.8) is 0 Å². The molecule has 5 amide bonds. The van der Waals surface area contributed by atoms with Gasteiger partial charge in [-0.1, -0.05) is 73.7 Å². The van der Waals surface area contributed by atoms with Crippen molar-refractivity contribution in [3.05, 3.63) is 125 Å². The summed E-state index contributed by atoms with van der Waals surface area (Å²) in [6.45, 7) is 9.20. The van der Waals surface area contributed by atoms with Crippen molar-refractivity contribution in [3.8, 4) is 5.75 Å². The van der Waals surface area contributed by atoms with Gasteiger partial charge in [-0.15, -0.1) is 0 Å². The zero-order valence-electron chi connectivity index (χ0n) is 34.0. The van der Waals surface area contributed by atoms with Gasteiger partial charge < -0.3 is 34.4 Å². The summed E-state index contributed by atoms with van der Waals surface area (Å²) < 4.78 is 6.20. The molecule has 8 rings (SSSR count). The molecule has 4 heterocycles. The van der Waals surface area contributed by atoms with Gasteiger partial charge in [-0.3, -0.25) is 24.6 Å². The van der Waals surface area contributed by atoms with Crippen LogP contribution < -0.4 is 20.4 Å². The van der Waals surface area contributed by atoms with Gasteiger partial charge in [0.15, 0.2) is 0 Å². The first kappa shape index (κ1) is 40.8. The summed E-state index contributed by atoms with van der Waals surface area (Å²) in [5.74, 6) is -0.113. The number of hydrogen-bond acceptors (Lipinski definition) is 9. The van der Waals surface area contributed by atoms with E-state index in [1.165, 1.54) is 5.57 Å². The molecular weight excluding hydrogens is 759 g/mol. The minimum atomic E-state index is -1.52. The Morgan fingerprint density at radius 3 is 2.07 bits per heavy atom. The first-order valence-corrected chi connectivity index (χ1v) is 20.9. The van der Waals surface area contributed by atoms with Crippen LogP contribution in [0.5, 0.6) is 5.75 Å². The van der Waals surface area contributed by atoms with E-state index in [0.717, 1.165) is 65.3 Å². The number of carbonyl (C=O) groups is 4. The molecule has 0 bridgehead atoms. The van der Waals surface area contributed by atoms with E-state index >= 15 is 0 Å². The molecule has 3 fully saturated rings. The molecule has 3 saturated heterocycles. The number of nitrogens with one attached hydrogen (secondary N) is 1. The zero-order valence-corrected chi connectivity index (χ0v) is 34.0. The molecule has 4 aromatic rings. The minimum absolute atomic E-state index is 0.0684. The number of carbonyl (C=O) groups excluding carboxylic acids is 4. The first-order chi connectivity index (χ1) is 29.2. The third-order valence-electron chi connectivity index (χ3n) is 12.2. The second-order valence-electron chi connectivity index (χ2n) is 15.8. The molecule has 310 valence electrons. The lowest BCUT2D eigenvalue weighted by atomic mass is 9.79. The third-order valence-corrected chi connectivity index (χ3v) is 12.2. The van der Waals surface area contributed by atoms with Crippen LogP contribution in [0.4, 0.5) is 10.5 Å². The van der Waals surface area contributed by atoms with Crippen LogP contribution >= 0.6 is 0 Å². The van der Waals surface area contributed by atoms with E-state index in [-0.39, 0.29) is 24.3 Å². The Balaban J connectivity index is 0.801. The number of fused-ring (bicyclic) bond motifs is 1. The number of rotatable bonds is 11. The lowest BCUT2D eigenvalue weighted by molar-refractivity contribution is -0.136. The van der Waals surface area contributed by atoms with E-state index < -0.39 is 19.1 Å². The van der Waals surface area contributed by atoms with Gasteiger partial charge >= 0.3 is 13.1 Å². The van der Waals surface area contributed by atoms with Gasteiger partial charge in [0, 0.05) is 83.1 Å². The topological polar surface area (TPSA) is 146 Å². The average molecular weight is 811 g/mol. The molecule has 0 aliphatic carbocycles. The molecule has 3 N–H and O–H groups in total. The SMILES string of the molecule is CC/C(=C(\c1ccc(OCCN2CCN(C(=O)N3CCN(c4ccc5c(c4)CN(C4CCC(=O)NC4=O)C5=O)CC3)CC2)cc1)c1ccc(B(O)O)cc1)c1ccccc1. The Morgan fingerprint density at radius 1 is 0.783 bits per heavy atom. The van der Waals surface area contributed by atoms with Crippen LogP contribution in [0.2, 0.25) is 0 Å². The van der Waals surface area contributed by atoms with Gasteiger partial charge in [0.2, 0.25) is 11.8 Å². The minimum Gasteiger partial charge on any atom is -0.492 e. The summed E-state index contributed by atoms with van der Waals surface area (Å²) in [6, 6.07) is 31.1. The number of hydrogen-bond donors (Lipinski definition) is 3. The van der Waals surface area contributed by atoms with Crippen LogP contribution in [0, 0.1) is 0 Å². The number of benzene rings is 4. The Labute approximate surface area is 351 Å². The number of allylic oxidation sites excluding steroid dienone is 1. The van der Waals surface area contributed by atoms with Crippen molar-refractivity contribution in [1.29, 1.82) is 0 Å². The molecule has 60 heavy (non-hydrogen) atoms. The molecule has 1 atom stereocenters. The van der Waals surface area contributed by atoms with E-state index in [1.54, 1.807) is 17.0 Å². The first-order valence-electron chi connectivity index (χ1n) is 20.9. The van der Waals surface area contributed by atoms with Gasteiger partial charge in [0.1, 0.15) is 18.4 Å². The molecule has 0 radical (unpaired) electrons. The predicted molar refractivity (Wildman–Crippen MR) is 231 cm³/mol. The van der Waals surface area contributed by atoms with Gasteiger partial charge in [0.25, 0.3) is 5.91 Å². The maximum atomic E-state index is 13.5. The van der Waals surface area contributed by atoms with Crippen molar-refractivity contribution in [1.82, 2.24) is 24.9 Å². The van der Waals surface area contributed by atoms with Crippen molar-refractivity contribution < 1.29 is 34.0 Å². The van der Waals surface area contributed by atoms with E-state index in [1.807, 2.05) is 70.5 Å². The fraction of sp³-hybridized carbons (Fsp3) is 0.348.